The van der Waals surface area contributed by atoms with E-state index in [0.717, 1.165) is 18.5 Å². The highest BCUT2D eigenvalue weighted by Crippen LogP contribution is 2.13. The lowest BCUT2D eigenvalue weighted by Gasteiger charge is -2.07. The normalized spacial score (nSPS) is 11.1. The van der Waals surface area contributed by atoms with Gasteiger partial charge in [-0.25, -0.2) is 4.99 Å². The number of nitro benzene ring substituents is 1. The number of nitrogens with one attached hydrogen (secondary N) is 1. The van der Waals surface area contributed by atoms with Gasteiger partial charge in [-0.15, -0.1) is 24.0 Å². The van der Waals surface area contributed by atoms with Crippen LogP contribution in [0.15, 0.2) is 29.3 Å². The lowest BCUT2D eigenvalue weighted by molar-refractivity contribution is -0.384. The molecule has 0 amide bonds. The maximum atomic E-state index is 10.6. The first-order chi connectivity index (χ1) is 8.99. The molecule has 0 unspecified atom stereocenters. The number of non-ortho nitro benzene ring substituents is 1. The van der Waals surface area contributed by atoms with E-state index in [1.165, 1.54) is 12.1 Å². The Hall–Kier alpha value is -1.38. The van der Waals surface area contributed by atoms with Crippen LogP contribution in [0.1, 0.15) is 25.8 Å². The van der Waals surface area contributed by atoms with Crippen molar-refractivity contribution in [3.05, 3.63) is 39.9 Å². The Kier molecular flexibility index (Phi) is 8.86. The van der Waals surface area contributed by atoms with E-state index >= 15 is 0 Å². The van der Waals surface area contributed by atoms with E-state index in [-0.39, 0.29) is 29.7 Å². The monoisotopic (exact) mass is 392 g/mol. The van der Waals surface area contributed by atoms with Crippen molar-refractivity contribution in [2.45, 2.75) is 26.8 Å². The highest BCUT2D eigenvalue weighted by molar-refractivity contribution is 14.0. The second kappa shape index (κ2) is 9.51. The van der Waals surface area contributed by atoms with Gasteiger partial charge in [0.25, 0.3) is 5.69 Å². The molecule has 0 fully saturated rings. The number of nitrogens with two attached hydrogens (primary N) is 1. The third kappa shape index (κ3) is 7.27. The molecule has 0 radical (unpaired) electrons. The van der Waals surface area contributed by atoms with Crippen molar-refractivity contribution < 1.29 is 4.92 Å². The maximum absolute atomic E-state index is 10.6. The summed E-state index contributed by atoms with van der Waals surface area (Å²) in [4.78, 5) is 14.4. The molecule has 7 heteroatoms. The van der Waals surface area contributed by atoms with Gasteiger partial charge >= 0.3 is 0 Å². The summed E-state index contributed by atoms with van der Waals surface area (Å²) in [7, 11) is 0. The van der Waals surface area contributed by atoms with Crippen LogP contribution in [0.4, 0.5) is 5.69 Å². The SMILES string of the molecule is CC(C)CCNC(N)=NCc1cccc([N+](=O)[O-])c1.I. The van der Waals surface area contributed by atoms with E-state index in [9.17, 15) is 10.1 Å². The fourth-order valence-corrected chi connectivity index (χ4v) is 1.49. The molecule has 1 rings (SSSR count). The molecule has 0 heterocycles. The summed E-state index contributed by atoms with van der Waals surface area (Å²) < 4.78 is 0. The Labute approximate surface area is 136 Å². The second-order valence-corrected chi connectivity index (χ2v) is 4.74. The molecule has 20 heavy (non-hydrogen) atoms. The zero-order chi connectivity index (χ0) is 14.3. The predicted octanol–water partition coefficient (Wildman–Crippen LogP) is 2.66. The predicted molar refractivity (Wildman–Crippen MR) is 91.3 cm³/mol. The minimum atomic E-state index is -0.419. The molecular weight excluding hydrogens is 371 g/mol. The molecule has 6 nitrogen and oxygen atoms in total. The second-order valence-electron chi connectivity index (χ2n) is 4.74. The molecular formula is C13H21IN4O2. The van der Waals surface area contributed by atoms with Crippen LogP contribution in [0.25, 0.3) is 0 Å². The quantitative estimate of drug-likeness (QED) is 0.256. The fourth-order valence-electron chi connectivity index (χ4n) is 1.49. The third-order valence-electron chi connectivity index (χ3n) is 2.58. The van der Waals surface area contributed by atoms with Gasteiger partial charge in [-0.05, 0) is 17.9 Å². The first-order valence-corrected chi connectivity index (χ1v) is 6.26. The highest BCUT2D eigenvalue weighted by atomic mass is 127. The van der Waals surface area contributed by atoms with Crippen molar-refractivity contribution in [2.75, 3.05) is 6.54 Å². The van der Waals surface area contributed by atoms with Crippen molar-refractivity contribution in [1.82, 2.24) is 5.32 Å². The summed E-state index contributed by atoms with van der Waals surface area (Å²) in [6.07, 6.45) is 1.02. The lowest BCUT2D eigenvalue weighted by Crippen LogP contribution is -2.32. The van der Waals surface area contributed by atoms with Gasteiger partial charge in [0, 0.05) is 18.7 Å². The molecule has 3 N–H and O–H groups in total. The summed E-state index contributed by atoms with van der Waals surface area (Å²) in [6.45, 7) is 5.39. The number of hydrogen-bond acceptors (Lipinski definition) is 3. The number of aliphatic imine (C=N–C) groups is 1. The van der Waals surface area contributed by atoms with E-state index in [2.05, 4.69) is 24.2 Å². The van der Waals surface area contributed by atoms with E-state index in [1.54, 1.807) is 12.1 Å². The van der Waals surface area contributed by atoms with Gasteiger partial charge in [0.05, 0.1) is 11.5 Å². The molecule has 1 aromatic rings. The van der Waals surface area contributed by atoms with Crippen LogP contribution in [0.3, 0.4) is 0 Å². The molecule has 0 aliphatic carbocycles. The molecule has 1 aromatic carbocycles. The van der Waals surface area contributed by atoms with Crippen molar-refractivity contribution in [1.29, 1.82) is 0 Å². The molecule has 0 aliphatic heterocycles. The van der Waals surface area contributed by atoms with Gasteiger partial charge in [-0.1, -0.05) is 26.0 Å². The number of halogens is 1. The number of nitro groups is 1. The molecule has 0 aliphatic rings. The van der Waals surface area contributed by atoms with Crippen LogP contribution in [0.5, 0.6) is 0 Å². The Balaban J connectivity index is 0.00000361. The standard InChI is InChI=1S/C13H20N4O2.HI/c1-10(2)6-7-15-13(14)16-9-11-4-3-5-12(8-11)17(18)19;/h3-5,8,10H,6-7,9H2,1-2H3,(H3,14,15,16);1H. The van der Waals surface area contributed by atoms with Crippen molar-refractivity contribution in [3.8, 4) is 0 Å². The Morgan fingerprint density at radius 1 is 1.50 bits per heavy atom. The number of guanidine groups is 1. The van der Waals surface area contributed by atoms with Crippen molar-refractivity contribution in [2.24, 2.45) is 16.6 Å². The minimum absolute atomic E-state index is 0. The van der Waals surface area contributed by atoms with Crippen LogP contribution in [-0.2, 0) is 6.54 Å². The average Bonchev–Trinajstić information content (AvgIpc) is 2.36. The van der Waals surface area contributed by atoms with E-state index < -0.39 is 4.92 Å². The van der Waals surface area contributed by atoms with Crippen LogP contribution in [0, 0.1) is 16.0 Å². The lowest BCUT2D eigenvalue weighted by atomic mass is 10.1. The van der Waals surface area contributed by atoms with Crippen molar-refractivity contribution >= 4 is 35.6 Å². The van der Waals surface area contributed by atoms with Gasteiger partial charge in [-0.3, -0.25) is 10.1 Å². The van der Waals surface area contributed by atoms with Crippen LogP contribution in [0.2, 0.25) is 0 Å². The fraction of sp³-hybridized carbons (Fsp3) is 0.462. The maximum Gasteiger partial charge on any atom is 0.269 e. The summed E-state index contributed by atoms with van der Waals surface area (Å²) in [5.41, 5.74) is 6.55. The molecule has 0 aromatic heterocycles. The van der Waals surface area contributed by atoms with E-state index in [1.807, 2.05) is 0 Å². The zero-order valence-electron chi connectivity index (χ0n) is 11.7. The van der Waals surface area contributed by atoms with Crippen LogP contribution < -0.4 is 11.1 Å². The Morgan fingerprint density at radius 3 is 2.80 bits per heavy atom. The van der Waals surface area contributed by atoms with Crippen LogP contribution in [-0.4, -0.2) is 17.4 Å². The molecule has 0 bridgehead atoms. The first-order valence-electron chi connectivity index (χ1n) is 6.26. The summed E-state index contributed by atoms with van der Waals surface area (Å²) >= 11 is 0. The summed E-state index contributed by atoms with van der Waals surface area (Å²) in [6, 6.07) is 6.39. The zero-order valence-corrected chi connectivity index (χ0v) is 14.0. The van der Waals surface area contributed by atoms with E-state index in [0.29, 0.717) is 18.4 Å². The average molecular weight is 392 g/mol. The topological polar surface area (TPSA) is 93.5 Å². The Morgan fingerprint density at radius 2 is 2.20 bits per heavy atom. The summed E-state index contributed by atoms with van der Waals surface area (Å²) in [5, 5.41) is 13.6. The molecule has 0 saturated carbocycles. The number of rotatable bonds is 6. The molecule has 0 saturated heterocycles. The van der Waals surface area contributed by atoms with Gasteiger partial charge in [0.2, 0.25) is 0 Å². The van der Waals surface area contributed by atoms with E-state index in [4.69, 9.17) is 5.73 Å². The number of hydrogen-bond donors (Lipinski definition) is 2. The molecule has 0 atom stereocenters. The largest absolute Gasteiger partial charge is 0.370 e. The first kappa shape index (κ1) is 18.6. The summed E-state index contributed by atoms with van der Waals surface area (Å²) in [5.74, 6) is 0.976. The van der Waals surface area contributed by atoms with Gasteiger partial charge in [-0.2, -0.15) is 0 Å². The van der Waals surface area contributed by atoms with Gasteiger partial charge in [0.1, 0.15) is 0 Å². The number of nitrogens with zero attached hydrogens (tertiary/aromatic N) is 2. The third-order valence-corrected chi connectivity index (χ3v) is 2.58. The Bertz CT molecular complexity index is 463. The van der Waals surface area contributed by atoms with Crippen molar-refractivity contribution in [3.63, 3.8) is 0 Å². The molecule has 112 valence electrons. The smallest absolute Gasteiger partial charge is 0.269 e. The van der Waals surface area contributed by atoms with Gasteiger partial charge in [0.15, 0.2) is 5.96 Å². The van der Waals surface area contributed by atoms with Gasteiger partial charge < -0.3 is 11.1 Å². The van der Waals surface area contributed by atoms with Crippen LogP contribution >= 0.6 is 24.0 Å². The minimum Gasteiger partial charge on any atom is -0.370 e. The number of benzene rings is 1. The highest BCUT2D eigenvalue weighted by Gasteiger charge is 2.05. The molecule has 0 spiro atoms.